The highest BCUT2D eigenvalue weighted by Gasteiger charge is 2.38. The van der Waals surface area contributed by atoms with Crippen molar-refractivity contribution < 1.29 is 19.2 Å². The summed E-state index contributed by atoms with van der Waals surface area (Å²) in [5, 5.41) is 5.62. The molecule has 2 aliphatic rings. The molecule has 0 saturated heterocycles. The van der Waals surface area contributed by atoms with Crippen LogP contribution in [0.5, 0.6) is 0 Å². The van der Waals surface area contributed by atoms with Gasteiger partial charge in [0.15, 0.2) is 0 Å². The fraction of sp³-hybridized carbons (Fsp3) is 0.500. The zero-order valence-corrected chi connectivity index (χ0v) is 15.7. The summed E-state index contributed by atoms with van der Waals surface area (Å²) in [5.74, 6) is -1.44. The Balaban J connectivity index is 1.52. The van der Waals surface area contributed by atoms with E-state index in [0.29, 0.717) is 11.1 Å². The molecule has 0 spiro atoms. The first-order valence-electron chi connectivity index (χ1n) is 9.37. The Hall–Kier alpha value is -2.70. The fourth-order valence-electron chi connectivity index (χ4n) is 3.48. The minimum absolute atomic E-state index is 0.0679. The molecule has 1 aliphatic carbocycles. The molecule has 27 heavy (non-hydrogen) atoms. The van der Waals surface area contributed by atoms with Crippen molar-refractivity contribution in [3.63, 3.8) is 0 Å². The number of benzene rings is 1. The quantitative estimate of drug-likeness (QED) is 0.585. The first kappa shape index (κ1) is 19.1. The van der Waals surface area contributed by atoms with Gasteiger partial charge in [-0.1, -0.05) is 25.0 Å². The molecule has 2 N–H and O–H groups in total. The van der Waals surface area contributed by atoms with Crippen molar-refractivity contribution in [1.82, 2.24) is 15.5 Å². The number of imide groups is 1. The van der Waals surface area contributed by atoms with Gasteiger partial charge in [-0.05, 0) is 38.8 Å². The zero-order valence-electron chi connectivity index (χ0n) is 15.7. The van der Waals surface area contributed by atoms with Crippen molar-refractivity contribution in [1.29, 1.82) is 0 Å². The number of carbonyl (C=O) groups excluding carboxylic acids is 4. The molecule has 1 aliphatic heterocycles. The van der Waals surface area contributed by atoms with Crippen LogP contribution in [0.1, 0.15) is 60.2 Å². The third-order valence-electron chi connectivity index (χ3n) is 5.32. The highest BCUT2D eigenvalue weighted by molar-refractivity contribution is 6.21. The Bertz CT molecular complexity index is 746. The lowest BCUT2D eigenvalue weighted by Crippen LogP contribution is -2.51. The molecular weight excluding hydrogens is 346 g/mol. The summed E-state index contributed by atoms with van der Waals surface area (Å²) >= 11 is 0. The van der Waals surface area contributed by atoms with Gasteiger partial charge < -0.3 is 10.6 Å². The van der Waals surface area contributed by atoms with Crippen LogP contribution in [0, 0.1) is 5.41 Å². The van der Waals surface area contributed by atoms with Crippen molar-refractivity contribution >= 4 is 23.6 Å². The van der Waals surface area contributed by atoms with E-state index >= 15 is 0 Å². The molecule has 0 bridgehead atoms. The van der Waals surface area contributed by atoms with E-state index in [1.807, 2.05) is 0 Å². The first-order chi connectivity index (χ1) is 12.8. The number of nitrogens with zero attached hydrogens (tertiary/aromatic N) is 1. The van der Waals surface area contributed by atoms with Gasteiger partial charge in [0.1, 0.15) is 5.41 Å². The van der Waals surface area contributed by atoms with Crippen LogP contribution in [0.2, 0.25) is 0 Å². The number of amides is 4. The second-order valence-corrected chi connectivity index (χ2v) is 7.64. The Labute approximate surface area is 158 Å². The minimum Gasteiger partial charge on any atom is -0.353 e. The lowest BCUT2D eigenvalue weighted by molar-refractivity contribution is -0.141. The average molecular weight is 371 g/mol. The summed E-state index contributed by atoms with van der Waals surface area (Å²) in [5.41, 5.74) is -0.458. The average Bonchev–Trinajstić information content (AvgIpc) is 3.24. The first-order valence-corrected chi connectivity index (χ1v) is 9.37. The normalized spacial score (nSPS) is 17.2. The SMILES string of the molecule is CC(C)(C(=O)NCCN1C(=O)c2ccccc2C1=O)C(=O)NC1CCCC1. The van der Waals surface area contributed by atoms with Crippen molar-refractivity contribution in [3.8, 4) is 0 Å². The zero-order chi connectivity index (χ0) is 19.6. The number of fused-ring (bicyclic) bond motifs is 1. The molecule has 1 aromatic carbocycles. The van der Waals surface area contributed by atoms with Crippen molar-refractivity contribution in [2.45, 2.75) is 45.6 Å². The highest BCUT2D eigenvalue weighted by Crippen LogP contribution is 2.23. The molecule has 0 atom stereocenters. The molecule has 7 heteroatoms. The van der Waals surface area contributed by atoms with Gasteiger partial charge in [-0.2, -0.15) is 0 Å². The second kappa shape index (κ2) is 7.50. The van der Waals surface area contributed by atoms with Gasteiger partial charge in [0.2, 0.25) is 11.8 Å². The summed E-state index contributed by atoms with van der Waals surface area (Å²) in [4.78, 5) is 50.7. The Morgan fingerprint density at radius 2 is 1.59 bits per heavy atom. The van der Waals surface area contributed by atoms with Crippen LogP contribution in [0.15, 0.2) is 24.3 Å². The van der Waals surface area contributed by atoms with E-state index < -0.39 is 11.3 Å². The lowest BCUT2D eigenvalue weighted by Gasteiger charge is -2.25. The van der Waals surface area contributed by atoms with Gasteiger partial charge in [0.05, 0.1) is 11.1 Å². The number of nitrogens with one attached hydrogen (secondary N) is 2. The van der Waals surface area contributed by atoms with Gasteiger partial charge in [0, 0.05) is 19.1 Å². The molecule has 1 fully saturated rings. The number of rotatable bonds is 6. The van der Waals surface area contributed by atoms with E-state index in [1.54, 1.807) is 38.1 Å². The predicted molar refractivity (Wildman–Crippen MR) is 99.0 cm³/mol. The van der Waals surface area contributed by atoms with Crippen LogP contribution in [0.4, 0.5) is 0 Å². The number of hydrogen-bond donors (Lipinski definition) is 2. The Morgan fingerprint density at radius 1 is 1.04 bits per heavy atom. The van der Waals surface area contributed by atoms with Gasteiger partial charge in [-0.3, -0.25) is 24.1 Å². The molecule has 0 unspecified atom stereocenters. The molecule has 0 aromatic heterocycles. The fourth-order valence-corrected chi connectivity index (χ4v) is 3.48. The molecular formula is C20H25N3O4. The predicted octanol–water partition coefficient (Wildman–Crippen LogP) is 1.48. The van der Waals surface area contributed by atoms with Crippen molar-refractivity contribution in [2.75, 3.05) is 13.1 Å². The second-order valence-electron chi connectivity index (χ2n) is 7.64. The van der Waals surface area contributed by atoms with Gasteiger partial charge in [-0.25, -0.2) is 0 Å². The lowest BCUT2D eigenvalue weighted by atomic mass is 9.90. The van der Waals surface area contributed by atoms with Gasteiger partial charge >= 0.3 is 0 Å². The standard InChI is InChI=1S/C20H25N3O4/c1-20(2,19(27)22-13-7-3-4-8-13)18(26)21-11-12-23-16(24)14-9-5-6-10-15(14)17(23)25/h5-6,9-10,13H,3-4,7-8,11-12H2,1-2H3,(H,21,26)(H,22,27). The maximum absolute atomic E-state index is 12.5. The van der Waals surface area contributed by atoms with Crippen LogP contribution in [-0.4, -0.2) is 47.7 Å². The van der Waals surface area contributed by atoms with Crippen molar-refractivity contribution in [3.05, 3.63) is 35.4 Å². The Morgan fingerprint density at radius 3 is 2.15 bits per heavy atom. The maximum atomic E-state index is 12.5. The minimum atomic E-state index is -1.22. The van der Waals surface area contributed by atoms with E-state index in [9.17, 15) is 19.2 Å². The Kier molecular flexibility index (Phi) is 5.30. The summed E-state index contributed by atoms with van der Waals surface area (Å²) in [6, 6.07) is 6.79. The molecule has 3 rings (SSSR count). The summed E-state index contributed by atoms with van der Waals surface area (Å²) in [7, 11) is 0. The largest absolute Gasteiger partial charge is 0.353 e. The molecule has 0 radical (unpaired) electrons. The summed E-state index contributed by atoms with van der Waals surface area (Å²) in [6.07, 6.45) is 4.09. The molecule has 144 valence electrons. The molecule has 1 aromatic rings. The molecule has 1 saturated carbocycles. The van der Waals surface area contributed by atoms with Gasteiger partial charge in [-0.15, -0.1) is 0 Å². The van der Waals surface area contributed by atoms with Crippen LogP contribution >= 0.6 is 0 Å². The van der Waals surface area contributed by atoms with Crippen LogP contribution in [0.3, 0.4) is 0 Å². The summed E-state index contributed by atoms with van der Waals surface area (Å²) < 4.78 is 0. The van der Waals surface area contributed by atoms with E-state index in [1.165, 1.54) is 0 Å². The molecule has 1 heterocycles. The maximum Gasteiger partial charge on any atom is 0.261 e. The van der Waals surface area contributed by atoms with Crippen LogP contribution in [-0.2, 0) is 9.59 Å². The van der Waals surface area contributed by atoms with Crippen LogP contribution < -0.4 is 10.6 Å². The van der Waals surface area contributed by atoms with E-state index in [0.717, 1.165) is 30.6 Å². The van der Waals surface area contributed by atoms with Crippen LogP contribution in [0.25, 0.3) is 0 Å². The topological polar surface area (TPSA) is 95.6 Å². The van der Waals surface area contributed by atoms with E-state index in [-0.39, 0.29) is 36.9 Å². The smallest absolute Gasteiger partial charge is 0.261 e. The van der Waals surface area contributed by atoms with E-state index in [4.69, 9.17) is 0 Å². The molecule has 4 amide bonds. The van der Waals surface area contributed by atoms with E-state index in [2.05, 4.69) is 10.6 Å². The van der Waals surface area contributed by atoms with Gasteiger partial charge in [0.25, 0.3) is 11.8 Å². The third kappa shape index (κ3) is 3.72. The summed E-state index contributed by atoms with van der Waals surface area (Å²) in [6.45, 7) is 3.33. The molecule has 7 nitrogen and oxygen atoms in total. The highest BCUT2D eigenvalue weighted by atomic mass is 16.2. The number of carbonyl (C=O) groups is 4. The number of hydrogen-bond acceptors (Lipinski definition) is 4. The van der Waals surface area contributed by atoms with Crippen molar-refractivity contribution in [2.24, 2.45) is 5.41 Å². The monoisotopic (exact) mass is 371 g/mol. The third-order valence-corrected chi connectivity index (χ3v) is 5.32.